The Morgan fingerprint density at radius 1 is 1.27 bits per heavy atom. The van der Waals surface area contributed by atoms with Crippen LogP contribution in [0, 0.1) is 13.8 Å². The average Bonchev–Trinajstić information content (AvgIpc) is 2.77. The second kappa shape index (κ2) is 2.22. The Kier molecular flexibility index (Phi) is 1.34. The Morgan fingerprint density at radius 3 is 2.55 bits per heavy atom. The summed E-state index contributed by atoms with van der Waals surface area (Å²) in [5.41, 5.74) is 2.61. The first-order valence-electron chi connectivity index (χ1n) is 3.95. The summed E-state index contributed by atoms with van der Waals surface area (Å²) in [5, 5.41) is 0. The number of anilines is 1. The van der Waals surface area contributed by atoms with Crippen molar-refractivity contribution in [3.8, 4) is 0 Å². The molecule has 0 atom stereocenters. The van der Waals surface area contributed by atoms with E-state index in [-0.39, 0.29) is 0 Å². The van der Waals surface area contributed by atoms with Gasteiger partial charge >= 0.3 is 0 Å². The van der Waals surface area contributed by atoms with E-state index in [1.54, 1.807) is 0 Å². The van der Waals surface area contributed by atoms with Gasteiger partial charge in [0.25, 0.3) is 0 Å². The maximum Gasteiger partial charge on any atom is 0.128 e. The van der Waals surface area contributed by atoms with Gasteiger partial charge in [0.05, 0.1) is 0 Å². The number of aromatic nitrogens is 1. The van der Waals surface area contributed by atoms with Crippen molar-refractivity contribution in [2.45, 2.75) is 13.8 Å². The van der Waals surface area contributed by atoms with Crippen LogP contribution in [0.15, 0.2) is 12.3 Å². The van der Waals surface area contributed by atoms with Crippen LogP contribution in [0.2, 0.25) is 0 Å². The standard InChI is InChI=1S/C9H12N2/c1-7-5-9(11-3-4-11)10-6-8(7)2/h5-6H,3-4H2,1-2H3. The lowest BCUT2D eigenvalue weighted by molar-refractivity contribution is 1.17. The van der Waals surface area contributed by atoms with Crippen LogP contribution >= 0.6 is 0 Å². The monoisotopic (exact) mass is 148 g/mol. The number of pyridine rings is 1. The SMILES string of the molecule is Cc1cnc(N2CC2)cc1C. The molecule has 2 heteroatoms. The van der Waals surface area contributed by atoms with Crippen molar-refractivity contribution >= 4 is 5.82 Å². The normalized spacial score (nSPS) is 15.3. The predicted octanol–water partition coefficient (Wildman–Crippen LogP) is 1.52. The molecule has 0 unspecified atom stereocenters. The van der Waals surface area contributed by atoms with Crippen LogP contribution < -0.4 is 4.90 Å². The van der Waals surface area contributed by atoms with Gasteiger partial charge in [-0.3, -0.25) is 0 Å². The lowest BCUT2D eigenvalue weighted by atomic mass is 10.2. The van der Waals surface area contributed by atoms with Gasteiger partial charge in [0, 0.05) is 19.3 Å². The minimum absolute atomic E-state index is 1.13. The Bertz CT molecular complexity index is 277. The molecule has 2 heterocycles. The highest BCUT2D eigenvalue weighted by molar-refractivity contribution is 5.47. The van der Waals surface area contributed by atoms with Crippen molar-refractivity contribution in [3.63, 3.8) is 0 Å². The van der Waals surface area contributed by atoms with Gasteiger partial charge in [-0.1, -0.05) is 0 Å². The fraction of sp³-hybridized carbons (Fsp3) is 0.444. The van der Waals surface area contributed by atoms with E-state index in [0.717, 1.165) is 5.82 Å². The van der Waals surface area contributed by atoms with Crippen LogP contribution in [0.25, 0.3) is 0 Å². The van der Waals surface area contributed by atoms with E-state index in [1.165, 1.54) is 24.2 Å². The summed E-state index contributed by atoms with van der Waals surface area (Å²) in [7, 11) is 0. The molecule has 11 heavy (non-hydrogen) atoms. The summed E-state index contributed by atoms with van der Waals surface area (Å²) in [5.74, 6) is 1.13. The number of nitrogens with zero attached hydrogens (tertiary/aromatic N) is 2. The van der Waals surface area contributed by atoms with Gasteiger partial charge < -0.3 is 4.90 Å². The fourth-order valence-electron chi connectivity index (χ4n) is 1.06. The highest BCUT2D eigenvalue weighted by Gasteiger charge is 2.18. The smallest absolute Gasteiger partial charge is 0.128 e. The summed E-state index contributed by atoms with van der Waals surface area (Å²) in [6.07, 6.45) is 1.95. The van der Waals surface area contributed by atoms with Crippen LogP contribution in [0.1, 0.15) is 11.1 Å². The molecule has 0 bridgehead atoms. The second-order valence-corrected chi connectivity index (χ2v) is 3.11. The van der Waals surface area contributed by atoms with Crippen LogP contribution in [0.3, 0.4) is 0 Å². The molecule has 1 aliphatic rings. The molecule has 1 fully saturated rings. The summed E-state index contributed by atoms with van der Waals surface area (Å²) in [6.45, 7) is 6.57. The molecule has 0 aliphatic carbocycles. The first kappa shape index (κ1) is 6.65. The van der Waals surface area contributed by atoms with Crippen molar-refractivity contribution in [2.24, 2.45) is 0 Å². The maximum absolute atomic E-state index is 4.33. The molecule has 58 valence electrons. The summed E-state index contributed by atoms with van der Waals surface area (Å²) < 4.78 is 0. The van der Waals surface area contributed by atoms with Crippen LogP contribution in [-0.2, 0) is 0 Å². The molecule has 0 radical (unpaired) electrons. The molecule has 0 aromatic carbocycles. The van der Waals surface area contributed by atoms with Crippen LogP contribution in [0.5, 0.6) is 0 Å². The maximum atomic E-state index is 4.33. The highest BCUT2D eigenvalue weighted by atomic mass is 15.3. The van der Waals surface area contributed by atoms with Gasteiger partial charge in [-0.25, -0.2) is 4.98 Å². The third-order valence-corrected chi connectivity index (χ3v) is 2.13. The average molecular weight is 148 g/mol. The Labute approximate surface area is 66.9 Å². The zero-order valence-electron chi connectivity index (χ0n) is 6.96. The lowest BCUT2D eigenvalue weighted by Crippen LogP contribution is -1.95. The van der Waals surface area contributed by atoms with Crippen molar-refractivity contribution in [2.75, 3.05) is 18.0 Å². The van der Waals surface area contributed by atoms with Gasteiger partial charge in [-0.15, -0.1) is 0 Å². The molecule has 1 aromatic rings. The third kappa shape index (κ3) is 1.20. The van der Waals surface area contributed by atoms with Gasteiger partial charge in [0.2, 0.25) is 0 Å². The number of rotatable bonds is 1. The van der Waals surface area contributed by atoms with Crippen LogP contribution in [0.4, 0.5) is 5.82 Å². The number of hydrogen-bond acceptors (Lipinski definition) is 2. The predicted molar refractivity (Wildman–Crippen MR) is 45.9 cm³/mol. The molecular weight excluding hydrogens is 136 g/mol. The number of aryl methyl sites for hydroxylation is 2. The zero-order valence-corrected chi connectivity index (χ0v) is 6.96. The van der Waals surface area contributed by atoms with Crippen molar-refractivity contribution in [1.29, 1.82) is 0 Å². The quantitative estimate of drug-likeness (QED) is 0.561. The molecule has 1 aromatic heterocycles. The lowest BCUT2D eigenvalue weighted by Gasteiger charge is -2.03. The minimum atomic E-state index is 1.13. The van der Waals surface area contributed by atoms with Gasteiger partial charge in [-0.05, 0) is 31.0 Å². The molecular formula is C9H12N2. The fourth-order valence-corrected chi connectivity index (χ4v) is 1.06. The van der Waals surface area contributed by atoms with Crippen molar-refractivity contribution < 1.29 is 0 Å². The van der Waals surface area contributed by atoms with E-state index in [1.807, 2.05) is 6.20 Å². The molecule has 0 N–H and O–H groups in total. The van der Waals surface area contributed by atoms with Gasteiger partial charge in [0.1, 0.15) is 5.82 Å². The van der Waals surface area contributed by atoms with E-state index in [9.17, 15) is 0 Å². The third-order valence-electron chi connectivity index (χ3n) is 2.13. The summed E-state index contributed by atoms with van der Waals surface area (Å²) in [6, 6.07) is 2.16. The van der Waals surface area contributed by atoms with Crippen molar-refractivity contribution in [1.82, 2.24) is 4.98 Å². The molecule has 0 amide bonds. The first-order chi connectivity index (χ1) is 5.27. The zero-order chi connectivity index (χ0) is 7.84. The molecule has 2 rings (SSSR count). The Hall–Kier alpha value is -1.05. The largest absolute Gasteiger partial charge is 0.353 e. The van der Waals surface area contributed by atoms with Crippen molar-refractivity contribution in [3.05, 3.63) is 23.4 Å². The van der Waals surface area contributed by atoms with Crippen LogP contribution in [-0.4, -0.2) is 18.1 Å². The van der Waals surface area contributed by atoms with E-state index in [0.29, 0.717) is 0 Å². The molecule has 2 nitrogen and oxygen atoms in total. The highest BCUT2D eigenvalue weighted by Crippen LogP contribution is 2.19. The summed E-state index contributed by atoms with van der Waals surface area (Å²) in [4.78, 5) is 6.58. The topological polar surface area (TPSA) is 15.9 Å². The molecule has 1 aliphatic heterocycles. The second-order valence-electron chi connectivity index (χ2n) is 3.11. The Morgan fingerprint density at radius 2 is 2.00 bits per heavy atom. The minimum Gasteiger partial charge on any atom is -0.353 e. The number of hydrogen-bond donors (Lipinski definition) is 0. The molecule has 0 saturated carbocycles. The van der Waals surface area contributed by atoms with Gasteiger partial charge in [-0.2, -0.15) is 0 Å². The Balaban J connectivity index is 2.36. The van der Waals surface area contributed by atoms with E-state index in [4.69, 9.17) is 0 Å². The van der Waals surface area contributed by atoms with E-state index >= 15 is 0 Å². The van der Waals surface area contributed by atoms with Gasteiger partial charge in [0.15, 0.2) is 0 Å². The van der Waals surface area contributed by atoms with E-state index < -0.39 is 0 Å². The van der Waals surface area contributed by atoms with E-state index in [2.05, 4.69) is 29.8 Å². The molecule has 1 saturated heterocycles. The summed E-state index contributed by atoms with van der Waals surface area (Å²) >= 11 is 0. The first-order valence-corrected chi connectivity index (χ1v) is 3.95. The molecule has 0 spiro atoms.